The zero-order valence-electron chi connectivity index (χ0n) is 14.8. The first-order valence-electron chi connectivity index (χ1n) is 8.59. The third-order valence-corrected chi connectivity index (χ3v) is 4.60. The number of anilines is 1. The average molecular weight is 377 g/mol. The van der Waals surface area contributed by atoms with Crippen LogP contribution in [0.15, 0.2) is 29.1 Å². The molecule has 0 aliphatic carbocycles. The molecule has 1 aliphatic rings. The van der Waals surface area contributed by atoms with Crippen molar-refractivity contribution in [1.82, 2.24) is 4.57 Å². The Balaban J connectivity index is 2.06. The lowest BCUT2D eigenvalue weighted by Gasteiger charge is -2.23. The highest BCUT2D eigenvalue weighted by Gasteiger charge is 2.25. The van der Waals surface area contributed by atoms with Gasteiger partial charge in [0.2, 0.25) is 0 Å². The molecule has 1 aromatic carbocycles. The third-order valence-electron chi connectivity index (χ3n) is 4.36. The van der Waals surface area contributed by atoms with E-state index in [-0.39, 0.29) is 11.5 Å². The van der Waals surface area contributed by atoms with Gasteiger partial charge in [-0.2, -0.15) is 0 Å². The molecule has 3 rings (SSSR count). The number of hydrogen-bond donors (Lipinski definition) is 1. The number of aromatic nitrogens is 1. The summed E-state index contributed by atoms with van der Waals surface area (Å²) in [6.07, 6.45) is 2.51. The fourth-order valence-electron chi connectivity index (χ4n) is 3.21. The standard InChI is InChI=1S/C19H21ClN2O4/c1-3-26-16-11-17(23)22-9-5-4-6-14(22)18(16)19(24)21-13-10-12(20)7-8-15(13)25-2/h7-8,10-11H,3-6,9H2,1-2H3,(H,21,24). The number of nitrogens with one attached hydrogen (secondary N) is 1. The number of halogens is 1. The number of amides is 1. The van der Waals surface area contributed by atoms with Crippen LogP contribution in [0, 0.1) is 0 Å². The van der Waals surface area contributed by atoms with E-state index < -0.39 is 0 Å². The van der Waals surface area contributed by atoms with E-state index in [1.54, 1.807) is 22.8 Å². The Morgan fingerprint density at radius 3 is 2.81 bits per heavy atom. The van der Waals surface area contributed by atoms with Gasteiger partial charge in [-0.25, -0.2) is 0 Å². The van der Waals surface area contributed by atoms with Crippen molar-refractivity contribution in [3.8, 4) is 11.5 Å². The van der Waals surface area contributed by atoms with Gasteiger partial charge in [0.15, 0.2) is 0 Å². The number of carbonyl (C=O) groups is 1. The van der Waals surface area contributed by atoms with E-state index >= 15 is 0 Å². The van der Waals surface area contributed by atoms with Crippen molar-refractivity contribution >= 4 is 23.2 Å². The highest BCUT2D eigenvalue weighted by Crippen LogP contribution is 2.31. The van der Waals surface area contributed by atoms with Crippen LogP contribution in [-0.4, -0.2) is 24.2 Å². The number of methoxy groups -OCH3 is 1. The zero-order valence-corrected chi connectivity index (χ0v) is 15.6. The van der Waals surface area contributed by atoms with E-state index in [1.807, 2.05) is 6.92 Å². The lowest BCUT2D eigenvalue weighted by atomic mass is 10.0. The van der Waals surface area contributed by atoms with Crippen molar-refractivity contribution in [1.29, 1.82) is 0 Å². The summed E-state index contributed by atoms with van der Waals surface area (Å²) >= 11 is 6.04. The van der Waals surface area contributed by atoms with Crippen LogP contribution in [0.1, 0.15) is 35.8 Å². The van der Waals surface area contributed by atoms with Crippen LogP contribution in [0.25, 0.3) is 0 Å². The second-order valence-electron chi connectivity index (χ2n) is 6.01. The smallest absolute Gasteiger partial charge is 0.261 e. The maximum Gasteiger partial charge on any atom is 0.261 e. The Morgan fingerprint density at radius 1 is 1.27 bits per heavy atom. The van der Waals surface area contributed by atoms with Gasteiger partial charge in [0, 0.05) is 23.3 Å². The molecule has 1 aromatic heterocycles. The zero-order chi connectivity index (χ0) is 18.7. The number of benzene rings is 1. The molecule has 7 heteroatoms. The predicted octanol–water partition coefficient (Wildman–Crippen LogP) is 3.50. The minimum atomic E-state index is -0.348. The van der Waals surface area contributed by atoms with Crippen molar-refractivity contribution in [2.75, 3.05) is 19.0 Å². The molecule has 0 fully saturated rings. The molecule has 2 aromatic rings. The van der Waals surface area contributed by atoms with E-state index in [1.165, 1.54) is 13.2 Å². The second-order valence-corrected chi connectivity index (χ2v) is 6.45. The van der Waals surface area contributed by atoms with Gasteiger partial charge < -0.3 is 19.4 Å². The van der Waals surface area contributed by atoms with E-state index in [0.29, 0.717) is 53.0 Å². The van der Waals surface area contributed by atoms with E-state index in [9.17, 15) is 9.59 Å². The Labute approximate surface area is 156 Å². The quantitative estimate of drug-likeness (QED) is 0.867. The van der Waals surface area contributed by atoms with Crippen molar-refractivity contribution in [2.24, 2.45) is 0 Å². The average Bonchev–Trinajstić information content (AvgIpc) is 2.62. The first-order chi connectivity index (χ1) is 12.5. The fraction of sp³-hybridized carbons (Fsp3) is 0.368. The minimum absolute atomic E-state index is 0.139. The summed E-state index contributed by atoms with van der Waals surface area (Å²) in [5.74, 6) is 0.464. The van der Waals surface area contributed by atoms with Gasteiger partial charge in [0.1, 0.15) is 17.1 Å². The number of carbonyl (C=O) groups excluding carboxylic acids is 1. The number of nitrogens with zero attached hydrogens (tertiary/aromatic N) is 1. The van der Waals surface area contributed by atoms with Crippen LogP contribution in [0.5, 0.6) is 11.5 Å². The maximum absolute atomic E-state index is 13.1. The van der Waals surface area contributed by atoms with Gasteiger partial charge in [0.05, 0.1) is 19.4 Å². The lowest BCUT2D eigenvalue weighted by Crippen LogP contribution is -2.31. The Hall–Kier alpha value is -2.47. The molecule has 0 atom stereocenters. The Morgan fingerprint density at radius 2 is 2.08 bits per heavy atom. The van der Waals surface area contributed by atoms with E-state index in [2.05, 4.69) is 5.32 Å². The number of hydrogen-bond acceptors (Lipinski definition) is 4. The molecular weight excluding hydrogens is 356 g/mol. The van der Waals surface area contributed by atoms with Gasteiger partial charge in [0.25, 0.3) is 11.5 Å². The highest BCUT2D eigenvalue weighted by molar-refractivity contribution is 6.31. The van der Waals surface area contributed by atoms with Crippen molar-refractivity contribution in [2.45, 2.75) is 32.7 Å². The molecule has 0 saturated carbocycles. The van der Waals surface area contributed by atoms with Crippen LogP contribution < -0.4 is 20.3 Å². The van der Waals surface area contributed by atoms with Crippen LogP contribution in [0.4, 0.5) is 5.69 Å². The summed E-state index contributed by atoms with van der Waals surface area (Å²) in [5.41, 5.74) is 1.44. The van der Waals surface area contributed by atoms with Crippen LogP contribution in [0.3, 0.4) is 0 Å². The van der Waals surface area contributed by atoms with Crippen molar-refractivity contribution < 1.29 is 14.3 Å². The van der Waals surface area contributed by atoms with Gasteiger partial charge in [-0.05, 0) is 44.4 Å². The molecule has 1 amide bonds. The number of rotatable bonds is 5. The molecule has 26 heavy (non-hydrogen) atoms. The maximum atomic E-state index is 13.1. The molecule has 0 unspecified atom stereocenters. The summed E-state index contributed by atoms with van der Waals surface area (Å²) < 4.78 is 12.5. The molecule has 0 spiro atoms. The predicted molar refractivity (Wildman–Crippen MR) is 101 cm³/mol. The second kappa shape index (κ2) is 7.83. The fourth-order valence-corrected chi connectivity index (χ4v) is 3.39. The highest BCUT2D eigenvalue weighted by atomic mass is 35.5. The van der Waals surface area contributed by atoms with Crippen molar-refractivity contribution in [3.63, 3.8) is 0 Å². The summed E-state index contributed by atoms with van der Waals surface area (Å²) in [6, 6.07) is 6.39. The SMILES string of the molecule is CCOc1cc(=O)n2c(c1C(=O)Nc1cc(Cl)ccc1OC)CCCC2. The molecule has 1 aliphatic heterocycles. The molecule has 1 N–H and O–H groups in total. The molecular formula is C19H21ClN2O4. The number of ether oxygens (including phenoxy) is 2. The summed E-state index contributed by atoms with van der Waals surface area (Å²) in [6.45, 7) is 2.80. The number of fused-ring (bicyclic) bond motifs is 1. The largest absolute Gasteiger partial charge is 0.495 e. The topological polar surface area (TPSA) is 69.6 Å². The minimum Gasteiger partial charge on any atom is -0.495 e. The normalized spacial score (nSPS) is 13.0. The monoisotopic (exact) mass is 376 g/mol. The summed E-state index contributed by atoms with van der Waals surface area (Å²) in [7, 11) is 1.52. The molecule has 0 radical (unpaired) electrons. The first-order valence-corrected chi connectivity index (χ1v) is 8.97. The van der Waals surface area contributed by atoms with E-state index in [0.717, 1.165) is 12.8 Å². The van der Waals surface area contributed by atoms with Crippen LogP contribution in [-0.2, 0) is 13.0 Å². The molecule has 138 valence electrons. The molecule has 2 heterocycles. The van der Waals surface area contributed by atoms with Gasteiger partial charge in [-0.1, -0.05) is 11.6 Å². The Bertz CT molecular complexity index is 892. The molecule has 0 saturated heterocycles. The van der Waals surface area contributed by atoms with Gasteiger partial charge in [-0.15, -0.1) is 0 Å². The number of pyridine rings is 1. The summed E-state index contributed by atoms with van der Waals surface area (Å²) in [5, 5.41) is 3.33. The lowest BCUT2D eigenvalue weighted by molar-refractivity contribution is 0.102. The van der Waals surface area contributed by atoms with Gasteiger partial charge in [-0.3, -0.25) is 9.59 Å². The van der Waals surface area contributed by atoms with Crippen LogP contribution in [0.2, 0.25) is 5.02 Å². The third kappa shape index (κ3) is 3.55. The molecule has 6 nitrogen and oxygen atoms in total. The van der Waals surface area contributed by atoms with Crippen molar-refractivity contribution in [3.05, 3.63) is 50.9 Å². The summed E-state index contributed by atoms with van der Waals surface area (Å²) in [4.78, 5) is 25.4. The molecule has 0 bridgehead atoms. The Kier molecular flexibility index (Phi) is 5.52. The van der Waals surface area contributed by atoms with E-state index in [4.69, 9.17) is 21.1 Å². The van der Waals surface area contributed by atoms with Gasteiger partial charge >= 0.3 is 0 Å². The van der Waals surface area contributed by atoms with Crippen LogP contribution >= 0.6 is 11.6 Å². The first kappa shape index (κ1) is 18.3.